The first-order valence-corrected chi connectivity index (χ1v) is 9.04. The van der Waals surface area contributed by atoms with Crippen LogP contribution in [-0.4, -0.2) is 42.1 Å². The molecule has 25 heavy (non-hydrogen) atoms. The highest BCUT2D eigenvalue weighted by Gasteiger charge is 2.46. The van der Waals surface area contributed by atoms with Crippen LogP contribution in [0.4, 0.5) is 13.2 Å². The number of alkyl halides is 3. The van der Waals surface area contributed by atoms with Gasteiger partial charge in [0.25, 0.3) is 10.0 Å². The molecule has 1 aliphatic carbocycles. The predicted octanol–water partition coefficient (Wildman–Crippen LogP) is 2.02. The maximum Gasteiger partial charge on any atom is 0.492 e. The highest BCUT2D eigenvalue weighted by Crippen LogP contribution is 2.29. The van der Waals surface area contributed by atoms with Gasteiger partial charge in [-0.25, -0.2) is 18.2 Å². The Bertz CT molecular complexity index is 719. The number of sulfonamides is 1. The van der Waals surface area contributed by atoms with E-state index in [1.807, 2.05) is 0 Å². The standard InChI is InChI=1S/C13H15ClF3N3O4S/c14-11-6-5-10(7-19-11)25(22,23)20(24-12(21)13(15,16)17)9-3-1-8(18)2-4-9/h5-9H,1-4,18H2/t8-,9-. The van der Waals surface area contributed by atoms with Crippen molar-refractivity contribution in [2.75, 3.05) is 0 Å². The molecule has 12 heteroatoms. The van der Waals surface area contributed by atoms with Gasteiger partial charge in [0.1, 0.15) is 10.0 Å². The first kappa shape index (κ1) is 19.9. The zero-order valence-corrected chi connectivity index (χ0v) is 14.3. The van der Waals surface area contributed by atoms with E-state index in [1.54, 1.807) is 0 Å². The lowest BCUT2D eigenvalue weighted by Gasteiger charge is -2.33. The second-order valence-corrected chi connectivity index (χ2v) is 7.69. The van der Waals surface area contributed by atoms with Crippen molar-refractivity contribution in [1.82, 2.24) is 9.45 Å². The molecule has 1 heterocycles. The maximum absolute atomic E-state index is 12.7. The Balaban J connectivity index is 2.35. The lowest BCUT2D eigenvalue weighted by molar-refractivity contribution is -0.228. The zero-order chi connectivity index (χ0) is 18.8. The molecule has 2 rings (SSSR count). The van der Waals surface area contributed by atoms with E-state index in [-0.39, 0.29) is 28.5 Å². The van der Waals surface area contributed by atoms with Gasteiger partial charge in [0, 0.05) is 12.2 Å². The molecule has 2 N–H and O–H groups in total. The second-order valence-electron chi connectivity index (χ2n) is 5.52. The summed E-state index contributed by atoms with van der Waals surface area (Å²) in [5.41, 5.74) is 5.72. The number of aromatic nitrogens is 1. The average molecular weight is 402 g/mol. The molecule has 0 atom stereocenters. The number of hydrogen-bond donors (Lipinski definition) is 1. The monoisotopic (exact) mass is 401 g/mol. The molecular formula is C13H15ClF3N3O4S. The molecule has 0 aromatic carbocycles. The van der Waals surface area contributed by atoms with Crippen LogP contribution in [0.25, 0.3) is 0 Å². The van der Waals surface area contributed by atoms with Gasteiger partial charge in [-0.15, -0.1) is 0 Å². The van der Waals surface area contributed by atoms with Crippen LogP contribution in [0, 0.1) is 0 Å². The van der Waals surface area contributed by atoms with Crippen molar-refractivity contribution in [3.63, 3.8) is 0 Å². The van der Waals surface area contributed by atoms with Crippen LogP contribution in [0.5, 0.6) is 0 Å². The molecule has 1 aliphatic rings. The molecule has 0 radical (unpaired) electrons. The van der Waals surface area contributed by atoms with Crippen LogP contribution in [0.1, 0.15) is 25.7 Å². The first-order chi connectivity index (χ1) is 11.5. The SMILES string of the molecule is N[C@H]1CC[C@H](N(OC(=O)C(F)(F)F)S(=O)(=O)c2ccc(Cl)nc2)CC1. The van der Waals surface area contributed by atoms with Crippen molar-refractivity contribution in [3.05, 3.63) is 23.5 Å². The van der Waals surface area contributed by atoms with Gasteiger partial charge in [0.15, 0.2) is 0 Å². The number of rotatable bonds is 4. The number of hydrogen-bond acceptors (Lipinski definition) is 6. The molecule has 0 amide bonds. The Hall–Kier alpha value is -1.43. The summed E-state index contributed by atoms with van der Waals surface area (Å²) in [7, 11) is -4.56. The molecule has 1 saturated carbocycles. The lowest BCUT2D eigenvalue weighted by atomic mass is 9.92. The highest BCUT2D eigenvalue weighted by atomic mass is 35.5. The number of nitrogens with zero attached hydrogens (tertiary/aromatic N) is 2. The van der Waals surface area contributed by atoms with E-state index in [0.29, 0.717) is 12.8 Å². The van der Waals surface area contributed by atoms with Gasteiger partial charge >= 0.3 is 12.1 Å². The smallest absolute Gasteiger partial charge is 0.345 e. The molecule has 0 unspecified atom stereocenters. The van der Waals surface area contributed by atoms with E-state index in [0.717, 1.165) is 18.3 Å². The summed E-state index contributed by atoms with van der Waals surface area (Å²) in [5, 5.41) is 0.00132. The van der Waals surface area contributed by atoms with E-state index >= 15 is 0 Å². The van der Waals surface area contributed by atoms with Gasteiger partial charge in [-0.2, -0.15) is 13.2 Å². The van der Waals surface area contributed by atoms with Gasteiger partial charge in [0.05, 0.1) is 6.04 Å². The van der Waals surface area contributed by atoms with Crippen LogP contribution >= 0.6 is 11.6 Å². The second kappa shape index (κ2) is 7.44. The van der Waals surface area contributed by atoms with Crippen LogP contribution in [0.15, 0.2) is 23.2 Å². The Morgan fingerprint density at radius 3 is 2.36 bits per heavy atom. The normalized spacial score (nSPS) is 22.0. The van der Waals surface area contributed by atoms with Crippen molar-refractivity contribution < 1.29 is 31.2 Å². The van der Waals surface area contributed by atoms with Gasteiger partial charge < -0.3 is 10.6 Å². The summed E-state index contributed by atoms with van der Waals surface area (Å²) in [6.45, 7) is 0. The summed E-state index contributed by atoms with van der Waals surface area (Å²) in [4.78, 5) is 18.6. The third kappa shape index (κ3) is 4.81. The number of pyridine rings is 1. The largest absolute Gasteiger partial charge is 0.492 e. The molecular weight excluding hydrogens is 387 g/mol. The summed E-state index contributed by atoms with van der Waals surface area (Å²) in [5.74, 6) is -2.62. The molecule has 7 nitrogen and oxygen atoms in total. The van der Waals surface area contributed by atoms with Crippen molar-refractivity contribution in [2.24, 2.45) is 5.73 Å². The number of nitrogens with two attached hydrogens (primary N) is 1. The van der Waals surface area contributed by atoms with E-state index in [4.69, 9.17) is 17.3 Å². The fourth-order valence-corrected chi connectivity index (χ4v) is 3.90. The van der Waals surface area contributed by atoms with E-state index in [9.17, 15) is 26.4 Å². The fourth-order valence-electron chi connectivity index (χ4n) is 2.38. The zero-order valence-electron chi connectivity index (χ0n) is 12.7. The van der Waals surface area contributed by atoms with Crippen LogP contribution in [-0.2, 0) is 19.7 Å². The Morgan fingerprint density at radius 1 is 1.28 bits per heavy atom. The minimum atomic E-state index is -5.34. The van der Waals surface area contributed by atoms with Crippen molar-refractivity contribution in [3.8, 4) is 0 Å². The van der Waals surface area contributed by atoms with Gasteiger partial charge in [-0.05, 0) is 42.3 Å². The first-order valence-electron chi connectivity index (χ1n) is 7.22. The predicted molar refractivity (Wildman–Crippen MR) is 80.7 cm³/mol. The van der Waals surface area contributed by atoms with Crippen LogP contribution in [0.2, 0.25) is 5.15 Å². The van der Waals surface area contributed by atoms with E-state index < -0.39 is 33.1 Å². The Morgan fingerprint density at radius 2 is 1.88 bits per heavy atom. The molecule has 0 saturated heterocycles. The molecule has 0 bridgehead atoms. The molecule has 1 aromatic heterocycles. The van der Waals surface area contributed by atoms with E-state index in [1.165, 1.54) is 0 Å². The minimum absolute atomic E-state index is 0.00132. The summed E-state index contributed by atoms with van der Waals surface area (Å²) < 4.78 is 63.0. The quantitative estimate of drug-likeness (QED) is 0.611. The highest BCUT2D eigenvalue weighted by molar-refractivity contribution is 7.89. The minimum Gasteiger partial charge on any atom is -0.345 e. The third-order valence-electron chi connectivity index (χ3n) is 3.68. The molecule has 140 valence electrons. The Labute approximate surface area is 146 Å². The maximum atomic E-state index is 12.7. The van der Waals surface area contributed by atoms with Gasteiger partial charge in [0.2, 0.25) is 0 Å². The number of hydroxylamine groups is 1. The molecule has 0 spiro atoms. The average Bonchev–Trinajstić information content (AvgIpc) is 2.52. The molecule has 1 aromatic rings. The molecule has 0 aliphatic heterocycles. The third-order valence-corrected chi connectivity index (χ3v) is 5.59. The molecule has 1 fully saturated rings. The summed E-state index contributed by atoms with van der Waals surface area (Å²) >= 11 is 5.58. The van der Waals surface area contributed by atoms with Crippen molar-refractivity contribution in [2.45, 2.75) is 48.8 Å². The number of carbonyl (C=O) groups is 1. The summed E-state index contributed by atoms with van der Waals surface area (Å²) in [6, 6.07) is 1.09. The Kier molecular flexibility index (Phi) is 5.92. The fraction of sp³-hybridized carbons (Fsp3) is 0.538. The van der Waals surface area contributed by atoms with Crippen molar-refractivity contribution >= 4 is 27.6 Å². The lowest BCUT2D eigenvalue weighted by Crippen LogP contribution is -2.47. The van der Waals surface area contributed by atoms with Gasteiger partial charge in [-0.1, -0.05) is 11.6 Å². The number of carbonyl (C=O) groups excluding carboxylic acids is 1. The van der Waals surface area contributed by atoms with Gasteiger partial charge in [-0.3, -0.25) is 0 Å². The topological polar surface area (TPSA) is 103 Å². The number of halogens is 4. The van der Waals surface area contributed by atoms with E-state index in [2.05, 4.69) is 9.82 Å². The summed E-state index contributed by atoms with van der Waals surface area (Å²) in [6.07, 6.45) is -3.37. The van der Waals surface area contributed by atoms with Crippen LogP contribution < -0.4 is 5.73 Å². The van der Waals surface area contributed by atoms with Crippen LogP contribution in [0.3, 0.4) is 0 Å². The van der Waals surface area contributed by atoms with Crippen molar-refractivity contribution in [1.29, 1.82) is 0 Å².